The van der Waals surface area contributed by atoms with E-state index in [1.807, 2.05) is 6.92 Å². The molecule has 0 aromatic carbocycles. The van der Waals surface area contributed by atoms with Gasteiger partial charge in [0.2, 0.25) is 0 Å². The lowest BCUT2D eigenvalue weighted by Gasteiger charge is -2.33. The van der Waals surface area contributed by atoms with Crippen LogP contribution in [0.1, 0.15) is 43.9 Å². The fourth-order valence-corrected chi connectivity index (χ4v) is 4.95. The molecule has 0 bridgehead atoms. The molecule has 1 aliphatic rings. The van der Waals surface area contributed by atoms with Crippen LogP contribution in [0.25, 0.3) is 0 Å². The second-order valence-corrected chi connectivity index (χ2v) is 7.01. The molecule has 1 aromatic rings. The van der Waals surface area contributed by atoms with Gasteiger partial charge in [0.25, 0.3) is 10.0 Å². The molecule has 1 N–H and O–H groups in total. The number of hydrogen-bond acceptors (Lipinski definition) is 3. The van der Waals surface area contributed by atoms with Crippen molar-refractivity contribution in [3.05, 3.63) is 11.3 Å². The van der Waals surface area contributed by atoms with Gasteiger partial charge in [0.05, 0.1) is 5.88 Å². The van der Waals surface area contributed by atoms with Gasteiger partial charge >= 0.3 is 0 Å². The highest BCUT2D eigenvalue weighted by Gasteiger charge is 2.35. The van der Waals surface area contributed by atoms with Crippen LogP contribution in [0.2, 0.25) is 0 Å². The lowest BCUT2D eigenvalue weighted by molar-refractivity contribution is 0.246. The number of rotatable bonds is 4. The van der Waals surface area contributed by atoms with Gasteiger partial charge < -0.3 is 0 Å². The summed E-state index contributed by atoms with van der Waals surface area (Å²) < 4.78 is 27.1. The number of hydrogen-bond donors (Lipinski definition) is 1. The fourth-order valence-electron chi connectivity index (χ4n) is 2.61. The van der Waals surface area contributed by atoms with Crippen molar-refractivity contribution in [1.82, 2.24) is 14.5 Å². The second-order valence-electron chi connectivity index (χ2n) is 4.94. The van der Waals surface area contributed by atoms with Gasteiger partial charge in [0, 0.05) is 23.8 Å². The smallest absolute Gasteiger partial charge is 0.262 e. The molecule has 5 nitrogen and oxygen atoms in total. The Labute approximate surface area is 119 Å². The molecule has 0 amide bonds. The van der Waals surface area contributed by atoms with Gasteiger partial charge in [0.1, 0.15) is 0 Å². The van der Waals surface area contributed by atoms with E-state index in [0.717, 1.165) is 31.4 Å². The summed E-state index contributed by atoms with van der Waals surface area (Å²) in [5, 5.41) is 6.79. The molecule has 7 heteroatoms. The molecule has 2 rings (SSSR count). The zero-order valence-electron chi connectivity index (χ0n) is 11.3. The van der Waals surface area contributed by atoms with Crippen molar-refractivity contribution in [3.63, 3.8) is 0 Å². The summed E-state index contributed by atoms with van der Waals surface area (Å²) >= 11 is 5.85. The van der Waals surface area contributed by atoms with E-state index in [1.165, 1.54) is 0 Å². The first-order chi connectivity index (χ1) is 9.02. The molecule has 0 spiro atoms. The molecule has 1 unspecified atom stereocenters. The zero-order chi connectivity index (χ0) is 14.0. The van der Waals surface area contributed by atoms with E-state index in [9.17, 15) is 8.42 Å². The maximum atomic E-state index is 12.7. The van der Waals surface area contributed by atoms with Crippen LogP contribution in [-0.2, 0) is 15.9 Å². The third-order valence-electron chi connectivity index (χ3n) is 3.77. The molecule has 0 radical (unpaired) electrons. The number of aromatic nitrogens is 2. The van der Waals surface area contributed by atoms with Crippen molar-refractivity contribution in [3.8, 4) is 0 Å². The van der Waals surface area contributed by atoms with Crippen LogP contribution in [-0.4, -0.2) is 35.5 Å². The highest BCUT2D eigenvalue weighted by Crippen LogP contribution is 2.28. The monoisotopic (exact) mass is 305 g/mol. The van der Waals surface area contributed by atoms with Crippen molar-refractivity contribution in [2.45, 2.75) is 56.5 Å². The molecule has 1 saturated heterocycles. The number of alkyl halides is 1. The number of nitrogens with one attached hydrogen (secondary N) is 1. The van der Waals surface area contributed by atoms with E-state index in [4.69, 9.17) is 11.6 Å². The molecule has 0 saturated carbocycles. The highest BCUT2D eigenvalue weighted by atomic mass is 35.5. The minimum atomic E-state index is -3.54. The summed E-state index contributed by atoms with van der Waals surface area (Å²) in [5.41, 5.74) is 1.31. The Morgan fingerprint density at radius 2 is 2.21 bits per heavy atom. The van der Waals surface area contributed by atoms with E-state index in [1.54, 1.807) is 11.2 Å². The number of halogens is 1. The first-order valence-electron chi connectivity index (χ1n) is 6.64. The predicted octanol–water partition coefficient (Wildman–Crippen LogP) is 2.41. The van der Waals surface area contributed by atoms with E-state index in [-0.39, 0.29) is 16.9 Å². The van der Waals surface area contributed by atoms with Crippen molar-refractivity contribution in [1.29, 1.82) is 0 Å². The van der Waals surface area contributed by atoms with Crippen LogP contribution in [0.15, 0.2) is 5.03 Å². The molecule has 1 aliphatic heterocycles. The molecular weight excluding hydrogens is 286 g/mol. The lowest BCUT2D eigenvalue weighted by atomic mass is 10.0. The summed E-state index contributed by atoms with van der Waals surface area (Å²) in [6.45, 7) is 4.39. The van der Waals surface area contributed by atoms with Gasteiger partial charge in [-0.3, -0.25) is 5.10 Å². The fraction of sp³-hybridized carbons (Fsp3) is 0.750. The van der Waals surface area contributed by atoms with E-state index in [2.05, 4.69) is 10.2 Å². The summed E-state index contributed by atoms with van der Waals surface area (Å²) in [4.78, 5) is 0. The Morgan fingerprint density at radius 1 is 1.47 bits per heavy atom. The van der Waals surface area contributed by atoms with Gasteiger partial charge in [-0.15, -0.1) is 11.6 Å². The molecule has 1 fully saturated rings. The molecule has 1 atom stereocenters. The quantitative estimate of drug-likeness (QED) is 0.869. The van der Waals surface area contributed by atoms with E-state index >= 15 is 0 Å². The van der Waals surface area contributed by atoms with Crippen LogP contribution in [0.5, 0.6) is 0 Å². The van der Waals surface area contributed by atoms with Gasteiger partial charge in [-0.1, -0.05) is 13.3 Å². The van der Waals surface area contributed by atoms with Crippen molar-refractivity contribution < 1.29 is 8.42 Å². The first kappa shape index (κ1) is 14.8. The SMILES string of the molecule is CCC1CCCCN1S(=O)(=O)c1n[nH]c(C)c1CCl. The average Bonchev–Trinajstić information content (AvgIpc) is 2.80. The van der Waals surface area contributed by atoms with E-state index < -0.39 is 10.0 Å². The van der Waals surface area contributed by atoms with Gasteiger partial charge in [0.15, 0.2) is 5.03 Å². The number of aryl methyl sites for hydroxylation is 1. The average molecular weight is 306 g/mol. The van der Waals surface area contributed by atoms with Crippen LogP contribution < -0.4 is 0 Å². The number of sulfonamides is 1. The van der Waals surface area contributed by atoms with Gasteiger partial charge in [-0.2, -0.15) is 9.40 Å². The first-order valence-corrected chi connectivity index (χ1v) is 8.61. The van der Waals surface area contributed by atoms with Crippen molar-refractivity contribution >= 4 is 21.6 Å². The highest BCUT2D eigenvalue weighted by molar-refractivity contribution is 7.89. The maximum absolute atomic E-state index is 12.7. The number of nitrogens with zero attached hydrogens (tertiary/aromatic N) is 2. The number of aromatic amines is 1. The topological polar surface area (TPSA) is 66.1 Å². The minimum Gasteiger partial charge on any atom is -0.281 e. The van der Waals surface area contributed by atoms with Crippen LogP contribution in [0.3, 0.4) is 0 Å². The summed E-state index contributed by atoms with van der Waals surface area (Å²) in [5.74, 6) is 0.154. The number of H-pyrrole nitrogens is 1. The summed E-state index contributed by atoms with van der Waals surface area (Å²) in [7, 11) is -3.54. The number of piperidine rings is 1. The lowest BCUT2D eigenvalue weighted by Crippen LogP contribution is -2.43. The van der Waals surface area contributed by atoms with Crippen LogP contribution in [0, 0.1) is 6.92 Å². The predicted molar refractivity (Wildman–Crippen MR) is 74.7 cm³/mol. The molecule has 0 aliphatic carbocycles. The third kappa shape index (κ3) is 2.66. The van der Waals surface area contributed by atoms with Crippen LogP contribution in [0.4, 0.5) is 0 Å². The Morgan fingerprint density at radius 3 is 2.84 bits per heavy atom. The molecule has 1 aromatic heterocycles. The zero-order valence-corrected chi connectivity index (χ0v) is 12.9. The third-order valence-corrected chi connectivity index (χ3v) is 5.96. The Hall–Kier alpha value is -0.590. The molecule has 2 heterocycles. The molecule has 19 heavy (non-hydrogen) atoms. The van der Waals surface area contributed by atoms with Gasteiger partial charge in [-0.25, -0.2) is 8.42 Å². The van der Waals surface area contributed by atoms with E-state index in [0.29, 0.717) is 12.1 Å². The largest absolute Gasteiger partial charge is 0.281 e. The molecular formula is C12H20ClN3O2S. The van der Waals surface area contributed by atoms with Crippen molar-refractivity contribution in [2.24, 2.45) is 0 Å². The maximum Gasteiger partial charge on any atom is 0.262 e. The van der Waals surface area contributed by atoms with Crippen molar-refractivity contribution in [2.75, 3.05) is 6.54 Å². The summed E-state index contributed by atoms with van der Waals surface area (Å²) in [6, 6.07) is 0.0823. The Bertz CT molecular complexity index is 541. The minimum absolute atomic E-state index is 0.0823. The van der Waals surface area contributed by atoms with Gasteiger partial charge in [-0.05, 0) is 26.2 Å². The Kier molecular flexibility index (Phi) is 4.53. The van der Waals surface area contributed by atoms with Crippen LogP contribution >= 0.6 is 11.6 Å². The standard InChI is InChI=1S/C12H20ClN3O2S/c1-3-10-6-4-5-7-16(10)19(17,18)12-11(8-13)9(2)14-15-12/h10H,3-8H2,1-2H3,(H,14,15). The summed E-state index contributed by atoms with van der Waals surface area (Å²) in [6.07, 6.45) is 3.76. The normalized spacial score (nSPS) is 21.7. The second kappa shape index (κ2) is 5.81. The Balaban J connectivity index is 2.40. The molecule has 108 valence electrons.